The number of carboxylic acids is 2. The number of hydrogen-bond donors (Lipinski definition) is 7. The minimum absolute atomic E-state index is 0.0615. The molecule has 2 aromatic carbocycles. The van der Waals surface area contributed by atoms with E-state index in [4.69, 9.17) is 48.6 Å². The molecule has 10 N–H and O–H groups in total. The quantitative estimate of drug-likeness (QED) is 0.0939. The van der Waals surface area contributed by atoms with E-state index < -0.39 is 48.0 Å². The highest BCUT2D eigenvalue weighted by atomic mass is 35.5. The number of aliphatic carboxylic acids is 2. The molecule has 22 heteroatoms. The summed E-state index contributed by atoms with van der Waals surface area (Å²) in [6.45, 7) is 2.59. The number of aliphatic imine (C=N–C) groups is 1. The van der Waals surface area contributed by atoms with Gasteiger partial charge in [-0.15, -0.1) is 0 Å². The minimum atomic E-state index is -5.08. The zero-order valence-electron chi connectivity index (χ0n) is 26.7. The Bertz CT molecular complexity index is 1640. The fourth-order valence-electron chi connectivity index (χ4n) is 5.08. The molecule has 2 atom stereocenters. The lowest BCUT2D eigenvalue weighted by atomic mass is 9.95. The van der Waals surface area contributed by atoms with E-state index in [1.54, 1.807) is 0 Å². The van der Waals surface area contributed by atoms with Crippen molar-refractivity contribution in [1.29, 1.82) is 0 Å². The van der Waals surface area contributed by atoms with E-state index in [9.17, 15) is 45.1 Å². The number of amides is 3. The van der Waals surface area contributed by atoms with Gasteiger partial charge in [-0.25, -0.2) is 14.0 Å². The first-order valence-corrected chi connectivity index (χ1v) is 15.2. The van der Waals surface area contributed by atoms with Crippen molar-refractivity contribution < 1.29 is 64.9 Å². The van der Waals surface area contributed by atoms with Crippen LogP contribution in [0.15, 0.2) is 41.4 Å². The van der Waals surface area contributed by atoms with Crippen LogP contribution in [0.1, 0.15) is 35.6 Å². The number of benzene rings is 2. The lowest BCUT2D eigenvalue weighted by molar-refractivity contribution is -0.193. The van der Waals surface area contributed by atoms with Crippen molar-refractivity contribution in [3.63, 3.8) is 0 Å². The van der Waals surface area contributed by atoms with Crippen molar-refractivity contribution in [2.75, 3.05) is 25.0 Å². The molecule has 0 bridgehead atoms. The second-order valence-corrected chi connectivity index (χ2v) is 11.8. The van der Waals surface area contributed by atoms with Crippen molar-refractivity contribution in [1.82, 2.24) is 10.2 Å². The fourth-order valence-corrected chi connectivity index (χ4v) is 5.20. The molecule has 3 amide bonds. The number of carboxylic acid groups (broad SMARTS) is 2. The average molecular weight is 772 g/mol. The number of carbonyl (C=O) groups excluding carboxylic acids is 3. The number of halogens is 8. The third-order valence-electron chi connectivity index (χ3n) is 7.56. The number of rotatable bonds is 7. The number of piperidine rings is 1. The Morgan fingerprint density at radius 1 is 0.885 bits per heavy atom. The molecule has 0 radical (unpaired) electrons. The highest BCUT2D eigenvalue weighted by Crippen LogP contribution is 2.37. The van der Waals surface area contributed by atoms with E-state index in [0.717, 1.165) is 55.2 Å². The van der Waals surface area contributed by atoms with Gasteiger partial charge in [-0.2, -0.15) is 26.3 Å². The summed E-state index contributed by atoms with van der Waals surface area (Å²) in [5, 5.41) is 19.3. The Kier molecular flexibility index (Phi) is 15.2. The molecule has 0 spiro atoms. The van der Waals surface area contributed by atoms with Crippen LogP contribution in [0.5, 0.6) is 0 Å². The van der Waals surface area contributed by atoms with Crippen molar-refractivity contribution in [3.05, 3.63) is 63.9 Å². The smallest absolute Gasteiger partial charge is 0.475 e. The largest absolute Gasteiger partial charge is 0.490 e. The maximum atomic E-state index is 13.7. The van der Waals surface area contributed by atoms with E-state index in [2.05, 4.69) is 26.6 Å². The molecule has 0 aromatic heterocycles. The van der Waals surface area contributed by atoms with E-state index in [0.29, 0.717) is 6.42 Å². The van der Waals surface area contributed by atoms with Crippen LogP contribution >= 0.6 is 11.6 Å². The van der Waals surface area contributed by atoms with Crippen molar-refractivity contribution >= 4 is 52.9 Å². The molecule has 1 aliphatic heterocycles. The summed E-state index contributed by atoms with van der Waals surface area (Å²) < 4.78 is 77.2. The van der Waals surface area contributed by atoms with E-state index >= 15 is 0 Å². The number of anilines is 1. The van der Waals surface area contributed by atoms with Gasteiger partial charge in [0.25, 0.3) is 0 Å². The van der Waals surface area contributed by atoms with Crippen molar-refractivity contribution in [2.24, 2.45) is 34.0 Å². The molecule has 1 saturated heterocycles. The summed E-state index contributed by atoms with van der Waals surface area (Å²) in [5.41, 5.74) is 19.7. The van der Waals surface area contributed by atoms with E-state index in [-0.39, 0.29) is 41.0 Å². The molecule has 1 heterocycles. The van der Waals surface area contributed by atoms with Gasteiger partial charge in [-0.05, 0) is 67.2 Å². The van der Waals surface area contributed by atoms with Crippen LogP contribution in [0, 0.1) is 17.7 Å². The number of hydrogen-bond acceptors (Lipinski definition) is 7. The number of alkyl halides is 6. The van der Waals surface area contributed by atoms with Gasteiger partial charge in [-0.3, -0.25) is 24.3 Å². The molecule has 1 fully saturated rings. The normalized spacial score (nSPS) is 17.2. The summed E-state index contributed by atoms with van der Waals surface area (Å²) in [4.78, 5) is 61.0. The van der Waals surface area contributed by atoms with Crippen LogP contribution in [-0.2, 0) is 36.9 Å². The Morgan fingerprint density at radius 3 is 1.92 bits per heavy atom. The fraction of sp³-hybridized carbons (Fsp3) is 0.400. The SMILES string of the molecule is NC(=O)C1CCN(Cc2ccc3c(c2)C[C@H](CN=C(N)N)[C@H]3NC(=O)C(=O)Nc2ccc(Cl)c(F)c2)CC1.O=C(O)C(F)(F)F.O=C(O)C(F)(F)F. The van der Waals surface area contributed by atoms with Gasteiger partial charge in [0.1, 0.15) is 5.82 Å². The zero-order chi connectivity index (χ0) is 39.6. The van der Waals surface area contributed by atoms with Crippen LogP contribution in [0.4, 0.5) is 36.4 Å². The number of nitrogens with zero attached hydrogens (tertiary/aromatic N) is 2. The first-order valence-electron chi connectivity index (χ1n) is 14.8. The average Bonchev–Trinajstić information content (AvgIpc) is 3.37. The number of primary amides is 1. The van der Waals surface area contributed by atoms with Gasteiger partial charge in [0.05, 0.1) is 11.1 Å². The molecule has 1 aliphatic carbocycles. The summed E-state index contributed by atoms with van der Waals surface area (Å²) in [6.07, 6.45) is -8.06. The molecule has 14 nitrogen and oxygen atoms in total. The molecule has 0 saturated carbocycles. The predicted octanol–water partition coefficient (Wildman–Crippen LogP) is 2.68. The molecule has 286 valence electrons. The van der Waals surface area contributed by atoms with Crippen LogP contribution in [0.2, 0.25) is 5.02 Å². The number of likely N-dealkylation sites (tertiary alicyclic amines) is 1. The highest BCUT2D eigenvalue weighted by Gasteiger charge is 2.39. The third kappa shape index (κ3) is 13.5. The molecular weight excluding hydrogens is 739 g/mol. The summed E-state index contributed by atoms with van der Waals surface area (Å²) in [7, 11) is 0. The summed E-state index contributed by atoms with van der Waals surface area (Å²) in [6, 6.07) is 9.29. The molecular formula is C30H33ClF7N7O7. The molecule has 2 aromatic rings. The second-order valence-electron chi connectivity index (χ2n) is 11.4. The second kappa shape index (κ2) is 18.4. The molecule has 2 aliphatic rings. The zero-order valence-corrected chi connectivity index (χ0v) is 27.5. The Hall–Kier alpha value is -5.18. The van der Waals surface area contributed by atoms with Crippen LogP contribution in [0.3, 0.4) is 0 Å². The van der Waals surface area contributed by atoms with Crippen molar-refractivity contribution in [2.45, 2.75) is 44.2 Å². The van der Waals surface area contributed by atoms with Gasteiger partial charge in [0.15, 0.2) is 5.96 Å². The van der Waals surface area contributed by atoms with Gasteiger partial charge in [-0.1, -0.05) is 29.8 Å². The lowest BCUT2D eigenvalue weighted by Crippen LogP contribution is -2.40. The standard InChI is InChI=1S/C26H31ClFN7O3.2C2HF3O2/c27-20-4-2-18(11-21(20)28)33-24(37)25(38)34-22-17(12-32-26(30)31)10-16-9-14(1-3-19(16)22)13-35-7-5-15(6-8-35)23(29)36;2*3-2(4,5)1(6)7/h1-4,9,11,15,17,22H,5-8,10,12-13H2,(H2,29,36)(H,33,37)(H,34,38)(H4,30,31,32);2*(H,6,7)/t17-,22-;;/m1../s1. The summed E-state index contributed by atoms with van der Waals surface area (Å²) in [5.74, 6) is -8.56. The number of guanidine groups is 1. The van der Waals surface area contributed by atoms with Gasteiger partial charge < -0.3 is 38.0 Å². The van der Waals surface area contributed by atoms with E-state index in [1.807, 2.05) is 12.1 Å². The van der Waals surface area contributed by atoms with Gasteiger partial charge >= 0.3 is 36.1 Å². The number of carbonyl (C=O) groups is 5. The molecule has 0 unspecified atom stereocenters. The molecule has 52 heavy (non-hydrogen) atoms. The molecule has 4 rings (SSSR count). The van der Waals surface area contributed by atoms with E-state index in [1.165, 1.54) is 12.1 Å². The first kappa shape index (κ1) is 43.0. The first-order chi connectivity index (χ1) is 24.0. The summed E-state index contributed by atoms with van der Waals surface area (Å²) >= 11 is 5.68. The maximum absolute atomic E-state index is 13.7. The number of fused-ring (bicyclic) bond motifs is 1. The van der Waals surface area contributed by atoms with Crippen molar-refractivity contribution in [3.8, 4) is 0 Å². The maximum Gasteiger partial charge on any atom is 0.490 e. The Labute approximate surface area is 295 Å². The minimum Gasteiger partial charge on any atom is -0.475 e. The Morgan fingerprint density at radius 2 is 1.44 bits per heavy atom. The lowest BCUT2D eigenvalue weighted by Gasteiger charge is -2.30. The van der Waals surface area contributed by atoms with Gasteiger partial charge in [0, 0.05) is 30.6 Å². The predicted molar refractivity (Wildman–Crippen MR) is 170 cm³/mol. The Balaban J connectivity index is 0.000000564. The third-order valence-corrected chi connectivity index (χ3v) is 7.86. The van der Waals surface area contributed by atoms with Gasteiger partial charge in [0.2, 0.25) is 5.91 Å². The van der Waals surface area contributed by atoms with Crippen LogP contribution in [-0.4, -0.2) is 82.7 Å². The monoisotopic (exact) mass is 771 g/mol. The van der Waals surface area contributed by atoms with Crippen LogP contribution < -0.4 is 27.8 Å². The number of nitrogens with one attached hydrogen (secondary N) is 2. The topological polar surface area (TPSA) is 244 Å². The highest BCUT2D eigenvalue weighted by molar-refractivity contribution is 6.39. The number of nitrogens with two attached hydrogens (primary N) is 3. The van der Waals surface area contributed by atoms with Crippen LogP contribution in [0.25, 0.3) is 0 Å².